The number of carbonyl (C=O) groups excluding carboxylic acids is 1. The maximum atomic E-state index is 12.4. The minimum atomic E-state index is -1.70. The van der Waals surface area contributed by atoms with E-state index in [1.165, 1.54) is 25.3 Å². The topological polar surface area (TPSA) is 198 Å². The molecule has 12 nitrogen and oxygen atoms in total. The van der Waals surface area contributed by atoms with Gasteiger partial charge in [0.2, 0.25) is 0 Å². The van der Waals surface area contributed by atoms with Gasteiger partial charge in [0.25, 0.3) is 5.91 Å². The molecule has 0 spiro atoms. The second-order valence-corrected chi connectivity index (χ2v) is 6.22. The molecule has 1 amide bonds. The summed E-state index contributed by atoms with van der Waals surface area (Å²) in [4.78, 5) is 12.4. The summed E-state index contributed by atoms with van der Waals surface area (Å²) < 4.78 is 15.4. The number of aliphatic hydroxyl groups excluding tert-OH is 6. The van der Waals surface area contributed by atoms with Crippen molar-refractivity contribution in [3.63, 3.8) is 0 Å². The second kappa shape index (κ2) is 13.3. The van der Waals surface area contributed by atoms with E-state index in [0.717, 1.165) is 0 Å². The number of phenols is 1. The molecule has 1 aromatic carbocycles. The van der Waals surface area contributed by atoms with E-state index in [2.05, 4.69) is 5.32 Å². The summed E-state index contributed by atoms with van der Waals surface area (Å²) in [6, 6.07) is 3.86. The third-order valence-corrected chi connectivity index (χ3v) is 4.05. The second-order valence-electron chi connectivity index (χ2n) is 6.22. The molecule has 0 aliphatic rings. The molecule has 172 valence electrons. The van der Waals surface area contributed by atoms with Gasteiger partial charge in [-0.15, -0.1) is 0 Å². The van der Waals surface area contributed by atoms with Crippen LogP contribution in [0.2, 0.25) is 0 Å². The summed E-state index contributed by atoms with van der Waals surface area (Å²) in [6.45, 7) is -2.63. The van der Waals surface area contributed by atoms with Gasteiger partial charge in [-0.3, -0.25) is 4.79 Å². The fourth-order valence-corrected chi connectivity index (χ4v) is 2.39. The largest absolute Gasteiger partial charge is 0.504 e. The molecule has 0 heterocycles. The van der Waals surface area contributed by atoms with Gasteiger partial charge in [-0.1, -0.05) is 0 Å². The van der Waals surface area contributed by atoms with Crippen molar-refractivity contribution in [2.75, 3.05) is 40.1 Å². The average molecular weight is 435 g/mol. The highest BCUT2D eigenvalue weighted by Gasteiger charge is 2.32. The fraction of sp³-hybridized carbons (Fsp3) is 0.611. The maximum absolute atomic E-state index is 12.4. The molecule has 5 atom stereocenters. The Bertz CT molecular complexity index is 645. The van der Waals surface area contributed by atoms with Crippen LogP contribution in [0, 0.1) is 0 Å². The van der Waals surface area contributed by atoms with Gasteiger partial charge in [0.1, 0.15) is 24.4 Å². The summed E-state index contributed by atoms with van der Waals surface area (Å²) in [5, 5.41) is 68.9. The number of benzene rings is 1. The molecule has 0 aromatic heterocycles. The van der Waals surface area contributed by atoms with Gasteiger partial charge in [0, 0.05) is 12.1 Å². The molecule has 2 unspecified atom stereocenters. The van der Waals surface area contributed by atoms with Crippen LogP contribution >= 0.6 is 0 Å². The minimum Gasteiger partial charge on any atom is -0.504 e. The number of ether oxygens (including phenoxy) is 3. The lowest BCUT2D eigenvalue weighted by Gasteiger charge is -2.31. The van der Waals surface area contributed by atoms with E-state index in [9.17, 15) is 25.2 Å². The smallest absolute Gasteiger partial charge is 0.251 e. The molecular formula is C18H29NO11. The Hall–Kier alpha value is -2.03. The van der Waals surface area contributed by atoms with Crippen molar-refractivity contribution < 1.29 is 54.8 Å². The first kappa shape index (κ1) is 26.0. The van der Waals surface area contributed by atoms with Gasteiger partial charge in [-0.25, -0.2) is 0 Å². The van der Waals surface area contributed by atoms with Crippen molar-refractivity contribution in [2.45, 2.75) is 30.7 Å². The Morgan fingerprint density at radius 1 is 1.10 bits per heavy atom. The number of phenolic OH excluding ortho intramolecular Hbond substituents is 1. The molecule has 0 aliphatic heterocycles. The highest BCUT2D eigenvalue weighted by atomic mass is 16.7. The Balaban J connectivity index is 2.93. The Morgan fingerprint density at radius 3 is 2.33 bits per heavy atom. The summed E-state index contributed by atoms with van der Waals surface area (Å²) in [5.74, 6) is -0.739. The highest BCUT2D eigenvalue weighted by molar-refractivity contribution is 5.94. The fourth-order valence-electron chi connectivity index (χ4n) is 2.39. The van der Waals surface area contributed by atoms with Crippen molar-refractivity contribution in [1.29, 1.82) is 0 Å². The highest BCUT2D eigenvalue weighted by Crippen LogP contribution is 2.26. The van der Waals surface area contributed by atoms with Gasteiger partial charge < -0.3 is 55.3 Å². The van der Waals surface area contributed by atoms with Crippen molar-refractivity contribution in [2.24, 2.45) is 0 Å². The molecule has 1 aromatic rings. The lowest BCUT2D eigenvalue weighted by Crippen LogP contribution is -2.51. The zero-order valence-corrected chi connectivity index (χ0v) is 16.4. The molecule has 12 heteroatoms. The molecule has 0 aliphatic carbocycles. The van der Waals surface area contributed by atoms with Crippen LogP contribution in [0.4, 0.5) is 0 Å². The number of amides is 1. The third-order valence-electron chi connectivity index (χ3n) is 4.05. The van der Waals surface area contributed by atoms with E-state index in [4.69, 9.17) is 29.5 Å². The van der Waals surface area contributed by atoms with Gasteiger partial charge in [0.15, 0.2) is 17.8 Å². The maximum Gasteiger partial charge on any atom is 0.251 e. The first-order valence-electron chi connectivity index (χ1n) is 9.08. The molecule has 0 radical (unpaired) electrons. The predicted octanol–water partition coefficient (Wildman–Crippen LogP) is -3.08. The van der Waals surface area contributed by atoms with Crippen LogP contribution in [-0.4, -0.2) is 112 Å². The summed E-state index contributed by atoms with van der Waals surface area (Å²) in [5.41, 5.74) is 0.115. The van der Waals surface area contributed by atoms with Crippen molar-refractivity contribution in [1.82, 2.24) is 5.32 Å². The normalized spacial score (nSPS) is 16.4. The van der Waals surface area contributed by atoms with E-state index < -0.39 is 63.0 Å². The summed E-state index contributed by atoms with van der Waals surface area (Å²) >= 11 is 0. The predicted molar refractivity (Wildman–Crippen MR) is 101 cm³/mol. The molecule has 0 bridgehead atoms. The van der Waals surface area contributed by atoms with Crippen LogP contribution in [0.3, 0.4) is 0 Å². The zero-order valence-electron chi connectivity index (χ0n) is 16.4. The summed E-state index contributed by atoms with van der Waals surface area (Å²) in [6.07, 6.45) is -7.76. The van der Waals surface area contributed by atoms with E-state index in [-0.39, 0.29) is 23.7 Å². The van der Waals surface area contributed by atoms with Crippen LogP contribution < -0.4 is 10.1 Å². The Morgan fingerprint density at radius 2 is 1.77 bits per heavy atom. The molecule has 30 heavy (non-hydrogen) atoms. The number of nitrogens with one attached hydrogen (secondary N) is 1. The number of hydrogen-bond donors (Lipinski definition) is 8. The van der Waals surface area contributed by atoms with Crippen molar-refractivity contribution >= 4 is 5.91 Å². The van der Waals surface area contributed by atoms with Gasteiger partial charge >= 0.3 is 0 Å². The van der Waals surface area contributed by atoms with Gasteiger partial charge in [-0.05, 0) is 18.2 Å². The Kier molecular flexibility index (Phi) is 11.5. The van der Waals surface area contributed by atoms with Gasteiger partial charge in [-0.2, -0.15) is 0 Å². The Labute approximate surface area is 172 Å². The number of hydrogen-bond acceptors (Lipinski definition) is 11. The van der Waals surface area contributed by atoms with Gasteiger partial charge in [0.05, 0.1) is 33.5 Å². The van der Waals surface area contributed by atoms with Crippen LogP contribution in [0.25, 0.3) is 0 Å². The number of aromatic hydroxyl groups is 1. The van der Waals surface area contributed by atoms with Crippen molar-refractivity contribution in [3.05, 3.63) is 23.8 Å². The first-order chi connectivity index (χ1) is 14.3. The molecule has 1 rings (SSSR count). The van der Waals surface area contributed by atoms with Crippen LogP contribution in [0.1, 0.15) is 10.4 Å². The summed E-state index contributed by atoms with van der Waals surface area (Å²) in [7, 11) is 1.31. The van der Waals surface area contributed by atoms with Crippen molar-refractivity contribution in [3.8, 4) is 11.5 Å². The molecule has 0 fully saturated rings. The number of rotatable bonds is 14. The van der Waals surface area contributed by atoms with Crippen LogP contribution in [0.15, 0.2) is 18.2 Å². The quantitative estimate of drug-likeness (QED) is 0.138. The number of carbonyl (C=O) groups is 1. The zero-order chi connectivity index (χ0) is 22.7. The average Bonchev–Trinajstić information content (AvgIpc) is 2.77. The molecule has 8 N–H and O–H groups in total. The number of aliphatic hydroxyl groups is 6. The third kappa shape index (κ3) is 7.66. The SMILES string of the molecule is COc1cc(C(=O)NC[C@@H](O[C@H](OCCO)C(O)CO)[C@H](O)C(O)CO)ccc1O. The minimum absolute atomic E-state index is 0.0646. The number of methoxy groups -OCH3 is 1. The van der Waals surface area contributed by atoms with E-state index >= 15 is 0 Å². The molecule has 0 saturated carbocycles. The van der Waals surface area contributed by atoms with E-state index in [1.54, 1.807) is 0 Å². The molecule has 0 saturated heterocycles. The van der Waals surface area contributed by atoms with Crippen LogP contribution in [0.5, 0.6) is 11.5 Å². The monoisotopic (exact) mass is 435 g/mol. The standard InChI is InChI=1S/C18H29NO11/c1-28-14-6-10(2-3-11(14)23)17(27)19-7-15(16(26)12(24)8-21)30-18(13(25)9-22)29-5-4-20/h2-3,6,12-13,15-16,18,20-26H,4-5,7-9H2,1H3,(H,19,27)/t12?,13?,15-,16-,18+/m1/s1. The van der Waals surface area contributed by atoms with Crippen LogP contribution in [-0.2, 0) is 9.47 Å². The molecular weight excluding hydrogens is 406 g/mol. The van der Waals surface area contributed by atoms with E-state index in [0.29, 0.717) is 0 Å². The lowest BCUT2D eigenvalue weighted by molar-refractivity contribution is -0.244. The van der Waals surface area contributed by atoms with E-state index in [1.807, 2.05) is 0 Å². The first-order valence-corrected chi connectivity index (χ1v) is 9.08. The lowest BCUT2D eigenvalue weighted by atomic mass is 10.1.